The van der Waals surface area contributed by atoms with Crippen LogP contribution < -0.4 is 0 Å². The molecule has 2 rings (SSSR count). The van der Waals surface area contributed by atoms with Crippen molar-refractivity contribution in [2.24, 2.45) is 0 Å². The molecule has 0 radical (unpaired) electrons. The Kier molecular flexibility index (Phi) is 10.7. The Labute approximate surface area is 197 Å². The number of carboxylic acid groups (broad SMARTS) is 1. The maximum Gasteiger partial charge on any atom is 0.331 e. The van der Waals surface area contributed by atoms with Crippen molar-refractivity contribution in [3.8, 4) is 0 Å². The zero-order valence-corrected chi connectivity index (χ0v) is 20.4. The van der Waals surface area contributed by atoms with Crippen molar-refractivity contribution in [3.05, 3.63) is 64.0 Å². The van der Waals surface area contributed by atoms with Crippen molar-refractivity contribution < 1.29 is 14.7 Å². The zero-order valence-electron chi connectivity index (χ0n) is 19.6. The summed E-state index contributed by atoms with van der Waals surface area (Å²) < 4.78 is 0. The number of pyridine rings is 1. The maximum atomic E-state index is 12.9. The fraction of sp³-hybridized carbons (Fsp3) is 0.481. The van der Waals surface area contributed by atoms with Crippen LogP contribution in [-0.4, -0.2) is 26.7 Å². The van der Waals surface area contributed by atoms with E-state index in [9.17, 15) is 14.7 Å². The van der Waals surface area contributed by atoms with Gasteiger partial charge in [-0.2, -0.15) is 0 Å². The van der Waals surface area contributed by atoms with Crippen LogP contribution in [0.4, 0.5) is 0 Å². The van der Waals surface area contributed by atoms with Crippen LogP contribution in [0.1, 0.15) is 84.1 Å². The Bertz CT molecular complexity index is 925. The number of hydrogen-bond acceptors (Lipinski definition) is 4. The van der Waals surface area contributed by atoms with Crippen molar-refractivity contribution in [1.29, 1.82) is 0 Å². The highest BCUT2D eigenvalue weighted by Gasteiger charge is 2.27. The number of aryl methyl sites for hydroxylation is 1. The normalized spacial score (nSPS) is 15.0. The molecule has 1 N–H and O–H groups in total. The molecule has 1 heterocycles. The topological polar surface area (TPSA) is 67.3 Å². The number of thiocarbonyl (C=S) groups is 1. The Morgan fingerprint density at radius 1 is 1.06 bits per heavy atom. The first-order chi connectivity index (χ1) is 15.4. The van der Waals surface area contributed by atoms with E-state index in [-0.39, 0.29) is 5.78 Å². The van der Waals surface area contributed by atoms with E-state index in [0.29, 0.717) is 40.0 Å². The fourth-order valence-corrected chi connectivity index (χ4v) is 4.28. The maximum absolute atomic E-state index is 12.9. The molecule has 4 nitrogen and oxygen atoms in total. The molecule has 32 heavy (non-hydrogen) atoms. The lowest BCUT2D eigenvalue weighted by Gasteiger charge is -2.21. The van der Waals surface area contributed by atoms with Crippen LogP contribution >= 0.6 is 12.2 Å². The third-order valence-electron chi connectivity index (χ3n) is 6.10. The smallest absolute Gasteiger partial charge is 0.331 e. The molecule has 5 heteroatoms. The second-order valence-corrected chi connectivity index (χ2v) is 8.92. The third-order valence-corrected chi connectivity index (χ3v) is 6.62. The molecule has 0 bridgehead atoms. The molecule has 0 atom stereocenters. The summed E-state index contributed by atoms with van der Waals surface area (Å²) in [6, 6.07) is 4.03. The summed E-state index contributed by atoms with van der Waals surface area (Å²) >= 11 is 5.65. The summed E-state index contributed by atoms with van der Waals surface area (Å²) in [6.45, 7) is 5.79. The van der Waals surface area contributed by atoms with Crippen LogP contribution in [-0.2, 0) is 16.0 Å². The standard InChI is InChI=1S/C27H35NO3S/c1-4-5-8-15-23-24(26(32)20(3)19(2)25(23)29)17-22(27(30)31)14-10-7-6-9-12-21-13-11-16-28-18-21/h11,13,16-18H,4-10,12,14-15H2,1-3H3,(H,30,31)/b22-17+. The summed E-state index contributed by atoms with van der Waals surface area (Å²) in [7, 11) is 0. The number of carbonyl (C=O) groups excluding carboxylic acids is 1. The number of Topliss-reactive ketones (excluding diaryl/α,β-unsaturated/α-hetero) is 1. The second-order valence-electron chi connectivity index (χ2n) is 8.51. The number of ketones is 1. The average Bonchev–Trinajstić information content (AvgIpc) is 2.79. The van der Waals surface area contributed by atoms with Crippen LogP contribution in [0.2, 0.25) is 0 Å². The minimum atomic E-state index is -0.931. The lowest BCUT2D eigenvalue weighted by atomic mass is 9.82. The quantitative estimate of drug-likeness (QED) is 0.203. The van der Waals surface area contributed by atoms with Gasteiger partial charge in [0.05, 0.1) is 0 Å². The SMILES string of the molecule is CCCCCC1=C(/C=C(\CCCCCCc2cccnc2)C(=O)O)C(=S)C(C)=C(C)C1=O. The van der Waals surface area contributed by atoms with Gasteiger partial charge in [0.15, 0.2) is 5.78 Å². The molecule has 1 aromatic heterocycles. The summed E-state index contributed by atoms with van der Waals surface area (Å²) in [5.41, 5.74) is 4.37. The average molecular weight is 454 g/mol. The highest BCUT2D eigenvalue weighted by Crippen LogP contribution is 2.31. The number of allylic oxidation sites excluding steroid dienone is 5. The van der Waals surface area contributed by atoms with Gasteiger partial charge < -0.3 is 5.11 Å². The van der Waals surface area contributed by atoms with Crippen LogP contribution in [0.25, 0.3) is 0 Å². The van der Waals surface area contributed by atoms with Gasteiger partial charge in [0.1, 0.15) is 0 Å². The van der Waals surface area contributed by atoms with Crippen LogP contribution in [0, 0.1) is 0 Å². The molecule has 0 amide bonds. The lowest BCUT2D eigenvalue weighted by molar-refractivity contribution is -0.132. The van der Waals surface area contributed by atoms with Gasteiger partial charge in [-0.25, -0.2) is 4.79 Å². The van der Waals surface area contributed by atoms with Gasteiger partial charge in [0.25, 0.3) is 0 Å². The van der Waals surface area contributed by atoms with E-state index in [4.69, 9.17) is 12.2 Å². The first-order valence-corrected chi connectivity index (χ1v) is 12.1. The molecule has 0 saturated heterocycles. The number of carboxylic acids is 1. The monoisotopic (exact) mass is 453 g/mol. The van der Waals surface area contributed by atoms with Crippen LogP contribution in [0.15, 0.2) is 58.5 Å². The molecular formula is C27H35NO3S. The van der Waals surface area contributed by atoms with E-state index in [1.54, 1.807) is 12.3 Å². The van der Waals surface area contributed by atoms with Crippen LogP contribution in [0.3, 0.4) is 0 Å². The van der Waals surface area contributed by atoms with E-state index < -0.39 is 5.97 Å². The predicted octanol–water partition coefficient (Wildman–Crippen LogP) is 6.75. The molecule has 0 aliphatic heterocycles. The second kappa shape index (κ2) is 13.2. The molecule has 0 spiro atoms. The summed E-state index contributed by atoms with van der Waals surface area (Å²) in [5.74, 6) is -0.918. The Morgan fingerprint density at radius 2 is 1.78 bits per heavy atom. The number of hydrogen-bond donors (Lipinski definition) is 1. The van der Waals surface area contributed by atoms with Crippen molar-refractivity contribution in [1.82, 2.24) is 4.98 Å². The summed E-state index contributed by atoms with van der Waals surface area (Å²) in [5, 5.41) is 9.79. The fourth-order valence-electron chi connectivity index (χ4n) is 3.94. The van der Waals surface area contributed by atoms with Gasteiger partial charge in [-0.1, -0.05) is 50.9 Å². The van der Waals surface area contributed by atoms with Gasteiger partial charge in [0.2, 0.25) is 0 Å². The predicted molar refractivity (Wildman–Crippen MR) is 134 cm³/mol. The van der Waals surface area contributed by atoms with E-state index in [2.05, 4.69) is 18.0 Å². The van der Waals surface area contributed by atoms with Gasteiger partial charge in [-0.3, -0.25) is 9.78 Å². The highest BCUT2D eigenvalue weighted by molar-refractivity contribution is 7.81. The van der Waals surface area contributed by atoms with Gasteiger partial charge in [0, 0.05) is 39.6 Å². The molecule has 0 unspecified atom stereocenters. The number of nitrogens with zero attached hydrogens (tertiary/aromatic N) is 1. The van der Waals surface area contributed by atoms with E-state index in [1.807, 2.05) is 26.1 Å². The molecule has 1 aliphatic carbocycles. The van der Waals surface area contributed by atoms with Crippen molar-refractivity contribution in [2.45, 2.75) is 85.0 Å². The summed E-state index contributed by atoms with van der Waals surface area (Å²) in [6.07, 6.45) is 14.3. The molecule has 0 saturated carbocycles. The number of rotatable bonds is 13. The lowest BCUT2D eigenvalue weighted by Crippen LogP contribution is -2.21. The molecular weight excluding hydrogens is 418 g/mol. The van der Waals surface area contributed by atoms with Crippen molar-refractivity contribution in [2.75, 3.05) is 0 Å². The number of unbranched alkanes of at least 4 members (excludes halogenated alkanes) is 5. The Balaban J connectivity index is 2.05. The first kappa shape index (κ1) is 25.9. The van der Waals surface area contributed by atoms with Crippen LogP contribution in [0.5, 0.6) is 0 Å². The molecule has 0 aromatic carbocycles. The molecule has 0 fully saturated rings. The highest BCUT2D eigenvalue weighted by atomic mass is 32.1. The molecule has 1 aliphatic rings. The Hall–Kier alpha value is -2.40. The van der Waals surface area contributed by atoms with Gasteiger partial charge in [-0.15, -0.1) is 0 Å². The van der Waals surface area contributed by atoms with E-state index >= 15 is 0 Å². The van der Waals surface area contributed by atoms with E-state index in [0.717, 1.165) is 56.9 Å². The minimum Gasteiger partial charge on any atom is -0.478 e. The zero-order chi connectivity index (χ0) is 23.5. The molecule has 1 aromatic rings. The van der Waals surface area contributed by atoms with Gasteiger partial charge >= 0.3 is 5.97 Å². The number of carbonyl (C=O) groups is 2. The third kappa shape index (κ3) is 7.33. The number of aromatic nitrogens is 1. The first-order valence-electron chi connectivity index (χ1n) is 11.7. The largest absolute Gasteiger partial charge is 0.478 e. The van der Waals surface area contributed by atoms with Crippen molar-refractivity contribution in [3.63, 3.8) is 0 Å². The number of aliphatic carboxylic acids is 1. The van der Waals surface area contributed by atoms with Gasteiger partial charge in [-0.05, 0) is 75.7 Å². The summed E-state index contributed by atoms with van der Waals surface area (Å²) in [4.78, 5) is 29.6. The Morgan fingerprint density at radius 3 is 2.44 bits per heavy atom. The van der Waals surface area contributed by atoms with Crippen molar-refractivity contribution >= 4 is 28.8 Å². The minimum absolute atomic E-state index is 0.0126. The van der Waals surface area contributed by atoms with E-state index in [1.165, 1.54) is 5.56 Å². The molecule has 172 valence electrons.